The van der Waals surface area contributed by atoms with Crippen molar-refractivity contribution in [3.63, 3.8) is 0 Å². The van der Waals surface area contributed by atoms with Crippen LogP contribution in [0.25, 0.3) is 0 Å². The largest absolute Gasteiger partial charge is 0.356 e. The number of guanidine groups is 1. The molecule has 2 N–H and O–H groups in total. The van der Waals surface area contributed by atoms with Crippen molar-refractivity contribution in [3.05, 3.63) is 53.9 Å². The highest BCUT2D eigenvalue weighted by molar-refractivity contribution is 14.0. The standard InChI is InChI=1S/C18H26FN5.HI/c1-15-21-12-14-24(15)13-6-5-10-22-18(20-2)23-11-9-16-7-3-4-8-17(16)19;/h3-4,7-8,12,14H,5-6,9-11,13H2,1-2H3,(H2,20,22,23);1H. The summed E-state index contributed by atoms with van der Waals surface area (Å²) in [6.45, 7) is 4.49. The quantitative estimate of drug-likeness (QED) is 0.276. The molecule has 0 spiro atoms. The molecule has 25 heavy (non-hydrogen) atoms. The zero-order valence-corrected chi connectivity index (χ0v) is 17.2. The van der Waals surface area contributed by atoms with E-state index < -0.39 is 0 Å². The Labute approximate surface area is 166 Å². The van der Waals surface area contributed by atoms with Gasteiger partial charge in [0.15, 0.2) is 5.96 Å². The molecule has 2 aromatic rings. The molecule has 0 unspecified atom stereocenters. The number of aryl methyl sites for hydroxylation is 2. The highest BCUT2D eigenvalue weighted by Gasteiger charge is 2.02. The van der Waals surface area contributed by atoms with Gasteiger partial charge < -0.3 is 15.2 Å². The first kappa shape index (κ1) is 21.4. The zero-order chi connectivity index (χ0) is 17.2. The number of unbranched alkanes of at least 4 members (excludes halogenated alkanes) is 1. The molecule has 1 heterocycles. The Morgan fingerprint density at radius 2 is 1.96 bits per heavy atom. The smallest absolute Gasteiger partial charge is 0.190 e. The van der Waals surface area contributed by atoms with E-state index in [1.807, 2.05) is 31.5 Å². The summed E-state index contributed by atoms with van der Waals surface area (Å²) in [6, 6.07) is 6.86. The van der Waals surface area contributed by atoms with Crippen molar-refractivity contribution in [1.29, 1.82) is 0 Å². The van der Waals surface area contributed by atoms with Crippen LogP contribution < -0.4 is 10.6 Å². The average Bonchev–Trinajstić information content (AvgIpc) is 2.99. The number of aromatic nitrogens is 2. The fourth-order valence-electron chi connectivity index (χ4n) is 2.49. The van der Waals surface area contributed by atoms with Crippen molar-refractivity contribution in [1.82, 2.24) is 20.2 Å². The van der Waals surface area contributed by atoms with Gasteiger partial charge in [-0.2, -0.15) is 0 Å². The molecule has 0 radical (unpaired) electrons. The zero-order valence-electron chi connectivity index (χ0n) is 14.8. The first-order valence-electron chi connectivity index (χ1n) is 8.36. The summed E-state index contributed by atoms with van der Waals surface area (Å²) < 4.78 is 15.7. The minimum absolute atomic E-state index is 0. The van der Waals surface area contributed by atoms with Gasteiger partial charge in [-0.05, 0) is 37.8 Å². The number of hydrogen-bond acceptors (Lipinski definition) is 2. The van der Waals surface area contributed by atoms with E-state index in [2.05, 4.69) is 25.2 Å². The second-order valence-electron chi connectivity index (χ2n) is 5.64. The number of aliphatic imine (C=N–C) groups is 1. The van der Waals surface area contributed by atoms with Crippen LogP contribution >= 0.6 is 24.0 Å². The normalized spacial score (nSPS) is 11.1. The number of halogens is 2. The van der Waals surface area contributed by atoms with Crippen LogP contribution in [0.2, 0.25) is 0 Å². The summed E-state index contributed by atoms with van der Waals surface area (Å²) in [5.41, 5.74) is 0.719. The first-order valence-corrected chi connectivity index (χ1v) is 8.36. The molecule has 0 aliphatic heterocycles. The molecule has 7 heteroatoms. The predicted molar refractivity (Wildman–Crippen MR) is 111 cm³/mol. The average molecular weight is 459 g/mol. The van der Waals surface area contributed by atoms with Gasteiger partial charge in [-0.3, -0.25) is 4.99 Å². The van der Waals surface area contributed by atoms with Gasteiger partial charge in [-0.25, -0.2) is 9.37 Å². The topological polar surface area (TPSA) is 54.2 Å². The summed E-state index contributed by atoms with van der Waals surface area (Å²) in [5.74, 6) is 1.65. The molecule has 0 amide bonds. The Kier molecular flexibility index (Phi) is 10.1. The molecule has 0 aliphatic rings. The lowest BCUT2D eigenvalue weighted by molar-refractivity contribution is 0.587. The Hall–Kier alpha value is -1.64. The summed E-state index contributed by atoms with van der Waals surface area (Å²) in [4.78, 5) is 8.40. The fraction of sp³-hybridized carbons (Fsp3) is 0.444. The lowest BCUT2D eigenvalue weighted by Gasteiger charge is -2.12. The third-order valence-corrected chi connectivity index (χ3v) is 3.91. The summed E-state index contributed by atoms with van der Waals surface area (Å²) >= 11 is 0. The molecule has 1 aromatic carbocycles. The maximum absolute atomic E-state index is 13.5. The van der Waals surface area contributed by atoms with Gasteiger partial charge in [0.05, 0.1) is 0 Å². The lowest BCUT2D eigenvalue weighted by Crippen LogP contribution is -2.38. The van der Waals surface area contributed by atoms with E-state index in [1.165, 1.54) is 6.07 Å². The Bertz CT molecular complexity index is 656. The molecule has 5 nitrogen and oxygen atoms in total. The SMILES string of the molecule is CN=C(NCCCCn1ccnc1C)NCCc1ccccc1F.I. The third kappa shape index (κ3) is 7.41. The molecule has 0 saturated carbocycles. The van der Waals surface area contributed by atoms with Crippen LogP contribution in [0.1, 0.15) is 24.2 Å². The molecular formula is C18H27FIN5. The summed E-state index contributed by atoms with van der Waals surface area (Å²) in [6.07, 6.45) is 6.59. The van der Waals surface area contributed by atoms with Crippen LogP contribution in [0, 0.1) is 12.7 Å². The highest BCUT2D eigenvalue weighted by Crippen LogP contribution is 2.06. The molecule has 138 valence electrons. The molecule has 0 saturated heterocycles. The molecule has 0 atom stereocenters. The van der Waals surface area contributed by atoms with Crippen LogP contribution in [-0.2, 0) is 13.0 Å². The number of hydrogen-bond donors (Lipinski definition) is 2. The van der Waals surface area contributed by atoms with Gasteiger partial charge in [0.1, 0.15) is 11.6 Å². The van der Waals surface area contributed by atoms with Crippen molar-refractivity contribution in [2.45, 2.75) is 32.7 Å². The number of rotatable bonds is 8. The van der Waals surface area contributed by atoms with E-state index in [-0.39, 0.29) is 29.8 Å². The van der Waals surface area contributed by atoms with Crippen LogP contribution in [0.4, 0.5) is 4.39 Å². The first-order chi connectivity index (χ1) is 11.7. The van der Waals surface area contributed by atoms with Gasteiger partial charge in [0.25, 0.3) is 0 Å². The second-order valence-corrected chi connectivity index (χ2v) is 5.64. The minimum Gasteiger partial charge on any atom is -0.356 e. The minimum atomic E-state index is -0.156. The molecule has 0 aliphatic carbocycles. The molecule has 0 fully saturated rings. The van der Waals surface area contributed by atoms with Crippen LogP contribution in [-0.4, -0.2) is 35.6 Å². The van der Waals surface area contributed by atoms with Crippen molar-refractivity contribution < 1.29 is 4.39 Å². The van der Waals surface area contributed by atoms with Crippen LogP contribution in [0.3, 0.4) is 0 Å². The van der Waals surface area contributed by atoms with E-state index >= 15 is 0 Å². The van der Waals surface area contributed by atoms with Crippen LogP contribution in [0.5, 0.6) is 0 Å². The molecule has 0 bridgehead atoms. The molecule has 1 aromatic heterocycles. The van der Waals surface area contributed by atoms with Crippen LogP contribution in [0.15, 0.2) is 41.7 Å². The third-order valence-electron chi connectivity index (χ3n) is 3.91. The highest BCUT2D eigenvalue weighted by atomic mass is 127. The second kappa shape index (κ2) is 11.8. The van der Waals surface area contributed by atoms with Crippen molar-refractivity contribution in [2.24, 2.45) is 4.99 Å². The van der Waals surface area contributed by atoms with Gasteiger partial charge in [0.2, 0.25) is 0 Å². The van der Waals surface area contributed by atoms with E-state index in [1.54, 1.807) is 13.1 Å². The molecule has 2 rings (SSSR count). The van der Waals surface area contributed by atoms with E-state index in [0.29, 0.717) is 13.0 Å². The number of benzene rings is 1. The predicted octanol–water partition coefficient (Wildman–Crippen LogP) is 3.14. The fourth-order valence-corrected chi connectivity index (χ4v) is 2.49. The Balaban J connectivity index is 0.00000312. The van der Waals surface area contributed by atoms with Crippen molar-refractivity contribution in [3.8, 4) is 0 Å². The monoisotopic (exact) mass is 459 g/mol. The Morgan fingerprint density at radius 3 is 2.64 bits per heavy atom. The maximum Gasteiger partial charge on any atom is 0.190 e. The van der Waals surface area contributed by atoms with E-state index in [0.717, 1.165) is 43.3 Å². The van der Waals surface area contributed by atoms with Gasteiger partial charge >= 0.3 is 0 Å². The molecular weight excluding hydrogens is 432 g/mol. The van der Waals surface area contributed by atoms with E-state index in [9.17, 15) is 4.39 Å². The lowest BCUT2D eigenvalue weighted by atomic mass is 10.1. The van der Waals surface area contributed by atoms with Gasteiger partial charge in [-0.15, -0.1) is 24.0 Å². The maximum atomic E-state index is 13.5. The summed E-state index contributed by atoms with van der Waals surface area (Å²) in [5, 5.41) is 6.50. The number of nitrogens with zero attached hydrogens (tertiary/aromatic N) is 3. The van der Waals surface area contributed by atoms with Gasteiger partial charge in [0, 0.05) is 39.1 Å². The number of imidazole rings is 1. The number of nitrogens with one attached hydrogen (secondary N) is 2. The van der Waals surface area contributed by atoms with E-state index in [4.69, 9.17) is 0 Å². The van der Waals surface area contributed by atoms with Crippen molar-refractivity contribution in [2.75, 3.05) is 20.1 Å². The summed E-state index contributed by atoms with van der Waals surface area (Å²) in [7, 11) is 1.74. The Morgan fingerprint density at radius 1 is 1.20 bits per heavy atom. The van der Waals surface area contributed by atoms with Crippen molar-refractivity contribution >= 4 is 29.9 Å². The van der Waals surface area contributed by atoms with Gasteiger partial charge in [-0.1, -0.05) is 18.2 Å².